The number of piperidine rings is 1. The van der Waals surface area contributed by atoms with Gasteiger partial charge in [-0.2, -0.15) is 0 Å². The van der Waals surface area contributed by atoms with E-state index in [1.807, 2.05) is 19.1 Å². The van der Waals surface area contributed by atoms with E-state index in [1.165, 1.54) is 0 Å². The highest BCUT2D eigenvalue weighted by Gasteiger charge is 2.18. The van der Waals surface area contributed by atoms with Crippen LogP contribution in [-0.2, 0) is 0 Å². The molecule has 1 saturated heterocycles. The van der Waals surface area contributed by atoms with Gasteiger partial charge in [0.05, 0.1) is 0 Å². The molecule has 1 rings (SSSR count). The lowest BCUT2D eigenvalue weighted by molar-refractivity contribution is -0.0119. The number of hydrogen-bond donors (Lipinski definition) is 0. The van der Waals surface area contributed by atoms with E-state index in [9.17, 15) is 4.39 Å². The molecule has 1 aliphatic rings. The van der Waals surface area contributed by atoms with Crippen LogP contribution in [0.5, 0.6) is 0 Å². The topological polar surface area (TPSA) is 6.48 Å². The smallest absolute Gasteiger partial charge is 0.103 e. The SMILES string of the molecule is CN(C)N1CCC(F)CC1. The Kier molecular flexibility index (Phi) is 2.63. The first-order valence-corrected chi connectivity index (χ1v) is 3.76. The summed E-state index contributed by atoms with van der Waals surface area (Å²) in [6, 6.07) is 0. The average Bonchev–Trinajstić information content (AvgIpc) is 1.88. The van der Waals surface area contributed by atoms with E-state index >= 15 is 0 Å². The molecule has 10 heavy (non-hydrogen) atoms. The third kappa shape index (κ3) is 1.92. The van der Waals surface area contributed by atoms with Gasteiger partial charge in [0.1, 0.15) is 6.17 Å². The molecule has 1 heterocycles. The number of hydrazine groups is 1. The molecular formula is C7H15FN2. The van der Waals surface area contributed by atoms with Crippen molar-refractivity contribution in [2.75, 3.05) is 27.2 Å². The summed E-state index contributed by atoms with van der Waals surface area (Å²) >= 11 is 0. The van der Waals surface area contributed by atoms with Crippen LogP contribution in [0.4, 0.5) is 4.39 Å². The quantitative estimate of drug-likeness (QED) is 0.542. The average molecular weight is 146 g/mol. The maximum absolute atomic E-state index is 12.6. The van der Waals surface area contributed by atoms with Crippen LogP contribution in [0.2, 0.25) is 0 Å². The largest absolute Gasteiger partial charge is 0.248 e. The Labute approximate surface area is 61.6 Å². The summed E-state index contributed by atoms with van der Waals surface area (Å²) in [5.74, 6) is 0. The van der Waals surface area contributed by atoms with Crippen LogP contribution in [0.1, 0.15) is 12.8 Å². The zero-order valence-corrected chi connectivity index (χ0v) is 6.68. The fourth-order valence-corrected chi connectivity index (χ4v) is 1.23. The lowest BCUT2D eigenvalue weighted by Gasteiger charge is -2.33. The Morgan fingerprint density at radius 2 is 1.80 bits per heavy atom. The van der Waals surface area contributed by atoms with Gasteiger partial charge < -0.3 is 0 Å². The minimum Gasteiger partial charge on any atom is -0.248 e. The predicted octanol–water partition coefficient (Wildman–Crippen LogP) is 0.897. The molecule has 0 unspecified atom stereocenters. The van der Waals surface area contributed by atoms with Gasteiger partial charge in [0, 0.05) is 27.2 Å². The fourth-order valence-electron chi connectivity index (χ4n) is 1.23. The zero-order chi connectivity index (χ0) is 7.56. The Balaban J connectivity index is 2.26. The molecule has 0 radical (unpaired) electrons. The van der Waals surface area contributed by atoms with E-state index in [4.69, 9.17) is 0 Å². The number of rotatable bonds is 1. The van der Waals surface area contributed by atoms with Gasteiger partial charge in [-0.1, -0.05) is 0 Å². The summed E-state index contributed by atoms with van der Waals surface area (Å²) in [5.41, 5.74) is 0. The molecule has 0 aromatic rings. The normalized spacial score (nSPS) is 24.0. The Morgan fingerprint density at radius 3 is 2.20 bits per heavy atom. The van der Waals surface area contributed by atoms with Crippen molar-refractivity contribution >= 4 is 0 Å². The monoisotopic (exact) mass is 146 g/mol. The summed E-state index contributed by atoms with van der Waals surface area (Å²) in [6.07, 6.45) is 0.826. The van der Waals surface area contributed by atoms with Gasteiger partial charge in [0.25, 0.3) is 0 Å². The Morgan fingerprint density at radius 1 is 1.30 bits per heavy atom. The van der Waals surface area contributed by atoms with Crippen LogP contribution in [0.3, 0.4) is 0 Å². The van der Waals surface area contributed by atoms with Gasteiger partial charge in [-0.25, -0.2) is 14.4 Å². The fraction of sp³-hybridized carbons (Fsp3) is 1.00. The van der Waals surface area contributed by atoms with Gasteiger partial charge in [-0.3, -0.25) is 0 Å². The van der Waals surface area contributed by atoms with Gasteiger partial charge in [0.15, 0.2) is 0 Å². The van der Waals surface area contributed by atoms with Crippen LogP contribution >= 0.6 is 0 Å². The van der Waals surface area contributed by atoms with Crippen LogP contribution in [-0.4, -0.2) is 43.4 Å². The molecular weight excluding hydrogens is 131 g/mol. The molecule has 0 aromatic carbocycles. The number of alkyl halides is 1. The van der Waals surface area contributed by atoms with Crippen molar-refractivity contribution in [3.8, 4) is 0 Å². The summed E-state index contributed by atoms with van der Waals surface area (Å²) in [6.45, 7) is 1.74. The minimum atomic E-state index is -0.559. The predicted molar refractivity (Wildman–Crippen MR) is 39.4 cm³/mol. The maximum Gasteiger partial charge on any atom is 0.103 e. The summed E-state index contributed by atoms with van der Waals surface area (Å²) < 4.78 is 12.6. The molecule has 1 fully saturated rings. The van der Waals surface area contributed by atoms with E-state index in [0.717, 1.165) is 13.1 Å². The van der Waals surface area contributed by atoms with Gasteiger partial charge >= 0.3 is 0 Å². The summed E-state index contributed by atoms with van der Waals surface area (Å²) in [7, 11) is 4.00. The van der Waals surface area contributed by atoms with Crippen molar-refractivity contribution in [2.24, 2.45) is 0 Å². The third-order valence-corrected chi connectivity index (χ3v) is 1.97. The minimum absolute atomic E-state index is 0.559. The lowest BCUT2D eigenvalue weighted by Crippen LogP contribution is -2.43. The van der Waals surface area contributed by atoms with Crippen LogP contribution in [0.25, 0.3) is 0 Å². The molecule has 0 bridgehead atoms. The van der Waals surface area contributed by atoms with E-state index < -0.39 is 6.17 Å². The molecule has 2 nitrogen and oxygen atoms in total. The van der Waals surface area contributed by atoms with E-state index in [-0.39, 0.29) is 0 Å². The van der Waals surface area contributed by atoms with Gasteiger partial charge in [-0.05, 0) is 12.8 Å². The van der Waals surface area contributed by atoms with Gasteiger partial charge in [0.2, 0.25) is 0 Å². The Hall–Kier alpha value is -0.150. The molecule has 1 aliphatic heterocycles. The molecule has 60 valence electrons. The highest BCUT2D eigenvalue weighted by atomic mass is 19.1. The highest BCUT2D eigenvalue weighted by molar-refractivity contribution is 4.68. The molecule has 0 N–H and O–H groups in total. The van der Waals surface area contributed by atoms with Crippen LogP contribution in [0, 0.1) is 0 Å². The van der Waals surface area contributed by atoms with Crippen LogP contribution < -0.4 is 0 Å². The molecule has 0 amide bonds. The highest BCUT2D eigenvalue weighted by Crippen LogP contribution is 2.12. The van der Waals surface area contributed by atoms with E-state index in [1.54, 1.807) is 0 Å². The van der Waals surface area contributed by atoms with Crippen LogP contribution in [0.15, 0.2) is 0 Å². The summed E-state index contributed by atoms with van der Waals surface area (Å²) in [4.78, 5) is 0. The standard InChI is InChI=1S/C7H15FN2/c1-9(2)10-5-3-7(8)4-6-10/h7H,3-6H2,1-2H3. The molecule has 0 aliphatic carbocycles. The van der Waals surface area contributed by atoms with E-state index in [2.05, 4.69) is 5.01 Å². The second kappa shape index (κ2) is 3.30. The lowest BCUT2D eigenvalue weighted by atomic mass is 10.1. The second-order valence-corrected chi connectivity index (χ2v) is 2.98. The molecule has 3 heteroatoms. The molecule has 0 aromatic heterocycles. The van der Waals surface area contributed by atoms with Crippen molar-refractivity contribution in [3.05, 3.63) is 0 Å². The maximum atomic E-state index is 12.6. The first kappa shape index (κ1) is 7.95. The van der Waals surface area contributed by atoms with Crippen molar-refractivity contribution in [2.45, 2.75) is 19.0 Å². The van der Waals surface area contributed by atoms with E-state index in [0.29, 0.717) is 12.8 Å². The number of nitrogens with zero attached hydrogens (tertiary/aromatic N) is 2. The summed E-state index contributed by atoms with van der Waals surface area (Å²) in [5, 5.41) is 4.20. The molecule has 0 spiro atoms. The van der Waals surface area contributed by atoms with Crippen molar-refractivity contribution in [3.63, 3.8) is 0 Å². The number of hydrogen-bond acceptors (Lipinski definition) is 2. The third-order valence-electron chi connectivity index (χ3n) is 1.97. The van der Waals surface area contributed by atoms with Crippen molar-refractivity contribution in [1.82, 2.24) is 10.0 Å². The zero-order valence-electron chi connectivity index (χ0n) is 6.68. The molecule has 0 atom stereocenters. The second-order valence-electron chi connectivity index (χ2n) is 2.98. The molecule has 0 saturated carbocycles. The van der Waals surface area contributed by atoms with Crippen molar-refractivity contribution < 1.29 is 4.39 Å². The first-order chi connectivity index (χ1) is 4.70. The first-order valence-electron chi connectivity index (χ1n) is 3.76. The number of halogens is 1. The van der Waals surface area contributed by atoms with Gasteiger partial charge in [-0.15, -0.1) is 0 Å². The van der Waals surface area contributed by atoms with Crippen molar-refractivity contribution in [1.29, 1.82) is 0 Å². The Bertz CT molecular complexity index is 97.8.